The van der Waals surface area contributed by atoms with Crippen LogP contribution in [-0.2, 0) is 13.6 Å². The second kappa shape index (κ2) is 5.68. The zero-order valence-electron chi connectivity index (χ0n) is 9.77. The van der Waals surface area contributed by atoms with Crippen LogP contribution < -0.4 is 5.32 Å². The molecule has 5 heteroatoms. The van der Waals surface area contributed by atoms with Crippen molar-refractivity contribution in [2.24, 2.45) is 7.05 Å². The molecule has 0 amide bonds. The normalized spacial score (nSPS) is 9.82. The lowest BCUT2D eigenvalue weighted by atomic mass is 10.2. The molecule has 0 atom stereocenters. The van der Waals surface area contributed by atoms with E-state index in [1.165, 1.54) is 12.1 Å². The molecule has 1 aromatic carbocycles. The van der Waals surface area contributed by atoms with E-state index in [9.17, 15) is 4.39 Å². The van der Waals surface area contributed by atoms with E-state index in [-0.39, 0.29) is 18.2 Å². The molecule has 0 aliphatic rings. The Balaban J connectivity index is 0.00000144. The standard InChI is InChI=1S/C12H14FN3.ClH/c1-9-7-15-16(2)12(9)14-8-10-3-5-11(13)6-4-10;/h3-7,14H,8H2,1-2H3;1H. The highest BCUT2D eigenvalue weighted by Crippen LogP contribution is 2.13. The molecule has 0 unspecified atom stereocenters. The first-order valence-corrected chi connectivity index (χ1v) is 5.14. The fourth-order valence-electron chi connectivity index (χ4n) is 1.59. The van der Waals surface area contributed by atoms with Crippen molar-refractivity contribution in [1.82, 2.24) is 9.78 Å². The molecule has 1 N–H and O–H groups in total. The second-order valence-corrected chi connectivity index (χ2v) is 3.78. The Bertz CT molecular complexity index is 459. The smallest absolute Gasteiger partial charge is 0.127 e. The van der Waals surface area contributed by atoms with Crippen molar-refractivity contribution in [2.45, 2.75) is 13.5 Å². The van der Waals surface area contributed by atoms with Crippen molar-refractivity contribution < 1.29 is 4.39 Å². The van der Waals surface area contributed by atoms with Crippen molar-refractivity contribution in [3.05, 3.63) is 47.4 Å². The van der Waals surface area contributed by atoms with Crippen LogP contribution in [0.3, 0.4) is 0 Å². The van der Waals surface area contributed by atoms with Crippen LogP contribution in [-0.4, -0.2) is 9.78 Å². The summed E-state index contributed by atoms with van der Waals surface area (Å²) in [6.45, 7) is 2.67. The van der Waals surface area contributed by atoms with Crippen molar-refractivity contribution >= 4 is 18.2 Å². The van der Waals surface area contributed by atoms with Gasteiger partial charge in [-0.05, 0) is 24.6 Å². The molecule has 2 rings (SSSR count). The van der Waals surface area contributed by atoms with E-state index in [0.29, 0.717) is 6.54 Å². The van der Waals surface area contributed by atoms with Crippen LogP contribution in [0.2, 0.25) is 0 Å². The van der Waals surface area contributed by atoms with Crippen LogP contribution in [0.25, 0.3) is 0 Å². The maximum atomic E-state index is 12.7. The number of benzene rings is 1. The Morgan fingerprint density at radius 3 is 2.47 bits per heavy atom. The van der Waals surface area contributed by atoms with Crippen LogP contribution >= 0.6 is 12.4 Å². The van der Waals surface area contributed by atoms with Crippen LogP contribution in [0.5, 0.6) is 0 Å². The summed E-state index contributed by atoms with van der Waals surface area (Å²) in [6, 6.07) is 6.47. The third kappa shape index (κ3) is 3.20. The molecule has 3 nitrogen and oxygen atoms in total. The lowest BCUT2D eigenvalue weighted by Gasteiger charge is -2.07. The van der Waals surface area contributed by atoms with Crippen molar-refractivity contribution in [3.63, 3.8) is 0 Å². The minimum atomic E-state index is -0.208. The molecule has 0 bridgehead atoms. The molecule has 2 aromatic rings. The Morgan fingerprint density at radius 1 is 1.29 bits per heavy atom. The van der Waals surface area contributed by atoms with Gasteiger partial charge in [-0.1, -0.05) is 12.1 Å². The van der Waals surface area contributed by atoms with E-state index in [4.69, 9.17) is 0 Å². The lowest BCUT2D eigenvalue weighted by Crippen LogP contribution is -2.05. The van der Waals surface area contributed by atoms with Gasteiger partial charge in [-0.15, -0.1) is 12.4 Å². The number of halogens is 2. The number of nitrogens with one attached hydrogen (secondary N) is 1. The van der Waals surface area contributed by atoms with Crippen LogP contribution in [0.15, 0.2) is 30.5 Å². The molecule has 92 valence electrons. The van der Waals surface area contributed by atoms with E-state index in [1.54, 1.807) is 16.8 Å². The second-order valence-electron chi connectivity index (χ2n) is 3.78. The topological polar surface area (TPSA) is 29.9 Å². The maximum Gasteiger partial charge on any atom is 0.127 e. The van der Waals surface area contributed by atoms with Gasteiger partial charge in [0, 0.05) is 19.2 Å². The number of aryl methyl sites for hydroxylation is 2. The quantitative estimate of drug-likeness (QED) is 0.914. The van der Waals surface area contributed by atoms with Gasteiger partial charge < -0.3 is 5.32 Å². The van der Waals surface area contributed by atoms with Crippen LogP contribution in [0, 0.1) is 12.7 Å². The molecule has 0 fully saturated rings. The summed E-state index contributed by atoms with van der Waals surface area (Å²) in [5.41, 5.74) is 2.15. The van der Waals surface area contributed by atoms with Crippen molar-refractivity contribution in [1.29, 1.82) is 0 Å². The summed E-state index contributed by atoms with van der Waals surface area (Å²) >= 11 is 0. The fraction of sp³-hybridized carbons (Fsp3) is 0.250. The highest BCUT2D eigenvalue weighted by molar-refractivity contribution is 5.85. The number of hydrogen-bond donors (Lipinski definition) is 1. The Morgan fingerprint density at radius 2 is 1.94 bits per heavy atom. The van der Waals surface area contributed by atoms with Crippen LogP contribution in [0.1, 0.15) is 11.1 Å². The zero-order chi connectivity index (χ0) is 11.5. The molecule has 0 aliphatic carbocycles. The first-order chi connectivity index (χ1) is 7.66. The lowest BCUT2D eigenvalue weighted by molar-refractivity contribution is 0.627. The highest BCUT2D eigenvalue weighted by atomic mass is 35.5. The SMILES string of the molecule is Cc1cnn(C)c1NCc1ccc(F)cc1.Cl. The largest absolute Gasteiger partial charge is 0.366 e. The van der Waals surface area contributed by atoms with Gasteiger partial charge in [0.25, 0.3) is 0 Å². The van der Waals surface area contributed by atoms with Gasteiger partial charge >= 0.3 is 0 Å². The van der Waals surface area contributed by atoms with Crippen molar-refractivity contribution in [3.8, 4) is 0 Å². The van der Waals surface area contributed by atoms with E-state index in [2.05, 4.69) is 10.4 Å². The maximum absolute atomic E-state index is 12.7. The number of aromatic nitrogens is 2. The summed E-state index contributed by atoms with van der Waals surface area (Å²) in [6.07, 6.45) is 1.81. The average molecular weight is 256 g/mol. The predicted molar refractivity (Wildman–Crippen MR) is 68.9 cm³/mol. The van der Waals surface area contributed by atoms with E-state index in [0.717, 1.165) is 16.9 Å². The third-order valence-electron chi connectivity index (χ3n) is 2.49. The molecule has 17 heavy (non-hydrogen) atoms. The summed E-state index contributed by atoms with van der Waals surface area (Å²) in [5.74, 6) is 0.782. The minimum absolute atomic E-state index is 0. The number of rotatable bonds is 3. The van der Waals surface area contributed by atoms with Gasteiger partial charge in [0.15, 0.2) is 0 Å². The van der Waals surface area contributed by atoms with Gasteiger partial charge in [0.05, 0.1) is 6.20 Å². The Kier molecular flexibility index (Phi) is 4.52. The number of anilines is 1. The van der Waals surface area contributed by atoms with Crippen LogP contribution in [0.4, 0.5) is 10.2 Å². The molecular formula is C12H15ClFN3. The number of nitrogens with zero attached hydrogens (tertiary/aromatic N) is 2. The predicted octanol–water partition coefficient (Wildman–Crippen LogP) is 2.90. The molecule has 0 spiro atoms. The fourth-order valence-corrected chi connectivity index (χ4v) is 1.59. The van der Waals surface area contributed by atoms with Gasteiger partial charge in [-0.3, -0.25) is 4.68 Å². The van der Waals surface area contributed by atoms with E-state index >= 15 is 0 Å². The minimum Gasteiger partial charge on any atom is -0.366 e. The van der Waals surface area contributed by atoms with E-state index in [1.807, 2.05) is 20.2 Å². The molecule has 1 heterocycles. The molecule has 1 aromatic heterocycles. The average Bonchev–Trinajstić information content (AvgIpc) is 2.59. The molecule has 0 saturated heterocycles. The Hall–Kier alpha value is -1.55. The molecule has 0 saturated carbocycles. The van der Waals surface area contributed by atoms with Gasteiger partial charge in [0.2, 0.25) is 0 Å². The summed E-state index contributed by atoms with van der Waals surface area (Å²) in [7, 11) is 1.89. The third-order valence-corrected chi connectivity index (χ3v) is 2.49. The highest BCUT2D eigenvalue weighted by Gasteiger charge is 2.03. The molecule has 0 radical (unpaired) electrons. The Labute approximate surface area is 106 Å². The summed E-state index contributed by atoms with van der Waals surface area (Å²) < 4.78 is 14.5. The van der Waals surface area contributed by atoms with Gasteiger partial charge in [-0.25, -0.2) is 4.39 Å². The molecule has 0 aliphatic heterocycles. The monoisotopic (exact) mass is 255 g/mol. The van der Waals surface area contributed by atoms with Crippen molar-refractivity contribution in [2.75, 3.05) is 5.32 Å². The van der Waals surface area contributed by atoms with E-state index < -0.39 is 0 Å². The first kappa shape index (κ1) is 13.5. The van der Waals surface area contributed by atoms with Gasteiger partial charge in [-0.2, -0.15) is 5.10 Å². The first-order valence-electron chi connectivity index (χ1n) is 5.14. The van der Waals surface area contributed by atoms with Gasteiger partial charge in [0.1, 0.15) is 11.6 Å². The summed E-state index contributed by atoms with van der Waals surface area (Å²) in [5, 5.41) is 7.41. The zero-order valence-corrected chi connectivity index (χ0v) is 10.6. The summed E-state index contributed by atoms with van der Waals surface area (Å²) in [4.78, 5) is 0. The molecular weight excluding hydrogens is 241 g/mol. The number of hydrogen-bond acceptors (Lipinski definition) is 2.